The first-order valence-electron chi connectivity index (χ1n) is 9.48. The highest BCUT2D eigenvalue weighted by molar-refractivity contribution is 7.89. The monoisotopic (exact) mass is 443 g/mol. The average molecular weight is 443 g/mol. The molecule has 0 unspecified atom stereocenters. The molecule has 0 amide bonds. The first-order chi connectivity index (χ1) is 14.7. The Balaban J connectivity index is 2.06. The van der Waals surface area contributed by atoms with Crippen LogP contribution in [-0.4, -0.2) is 46.7 Å². The summed E-state index contributed by atoms with van der Waals surface area (Å²) in [5.74, 6) is -0.630. The maximum atomic E-state index is 12.6. The number of aromatic nitrogens is 4. The highest BCUT2D eigenvalue weighted by atomic mass is 32.2. The van der Waals surface area contributed by atoms with Crippen molar-refractivity contribution < 1.29 is 17.9 Å². The zero-order valence-corrected chi connectivity index (χ0v) is 18.2. The van der Waals surface area contributed by atoms with Gasteiger partial charge >= 0.3 is 11.7 Å². The van der Waals surface area contributed by atoms with Crippen LogP contribution in [0, 0.1) is 0 Å². The lowest BCUT2D eigenvalue weighted by Crippen LogP contribution is -2.19. The molecule has 31 heavy (non-hydrogen) atoms. The molecule has 10 nitrogen and oxygen atoms in total. The van der Waals surface area contributed by atoms with Gasteiger partial charge in [0.05, 0.1) is 39.3 Å². The van der Waals surface area contributed by atoms with Gasteiger partial charge in [-0.05, 0) is 50.4 Å². The Labute approximate surface area is 177 Å². The Morgan fingerprint density at radius 1 is 1.06 bits per heavy atom. The zero-order valence-electron chi connectivity index (χ0n) is 17.4. The fraction of sp³-hybridized carbons (Fsp3) is 0.250. The van der Waals surface area contributed by atoms with E-state index < -0.39 is 16.0 Å². The highest BCUT2D eigenvalue weighted by Crippen LogP contribution is 2.27. The summed E-state index contributed by atoms with van der Waals surface area (Å²) >= 11 is 0. The van der Waals surface area contributed by atoms with Gasteiger partial charge in [0.1, 0.15) is 0 Å². The summed E-state index contributed by atoms with van der Waals surface area (Å²) in [7, 11) is 0.948. The van der Waals surface area contributed by atoms with Crippen LogP contribution in [0.1, 0.15) is 17.5 Å². The number of esters is 1. The van der Waals surface area contributed by atoms with Gasteiger partial charge in [-0.3, -0.25) is 13.7 Å². The second-order valence-corrected chi connectivity index (χ2v) is 8.81. The van der Waals surface area contributed by atoms with Gasteiger partial charge < -0.3 is 4.74 Å². The van der Waals surface area contributed by atoms with E-state index in [1.807, 2.05) is 0 Å². The number of hydrogen-bond donors (Lipinski definition) is 1. The highest BCUT2D eigenvalue weighted by Gasteiger charge is 2.23. The van der Waals surface area contributed by atoms with Crippen LogP contribution in [0.25, 0.3) is 27.8 Å². The van der Waals surface area contributed by atoms with E-state index in [9.17, 15) is 18.0 Å². The summed E-state index contributed by atoms with van der Waals surface area (Å²) < 4.78 is 36.6. The molecule has 0 atom stereocenters. The van der Waals surface area contributed by atoms with E-state index in [-0.39, 0.29) is 23.0 Å². The van der Waals surface area contributed by atoms with Crippen LogP contribution >= 0.6 is 0 Å². The molecule has 0 aliphatic carbocycles. The zero-order chi connectivity index (χ0) is 22.5. The summed E-state index contributed by atoms with van der Waals surface area (Å²) in [6.07, 6.45) is 0. The lowest BCUT2D eigenvalue weighted by molar-refractivity contribution is 0.0510. The molecule has 0 aliphatic rings. The third-order valence-corrected chi connectivity index (χ3v) is 6.59. The number of nitrogens with one attached hydrogen (secondary N) is 1. The molecule has 2 aromatic carbocycles. The predicted molar refractivity (Wildman–Crippen MR) is 115 cm³/mol. The van der Waals surface area contributed by atoms with Crippen molar-refractivity contribution in [1.29, 1.82) is 0 Å². The van der Waals surface area contributed by atoms with E-state index in [1.165, 1.54) is 34.4 Å². The van der Waals surface area contributed by atoms with Crippen molar-refractivity contribution in [1.82, 2.24) is 23.4 Å². The number of carbonyl (C=O) groups excluding carboxylic acids is 1. The number of imidazole rings is 2. The Kier molecular flexibility index (Phi) is 4.94. The van der Waals surface area contributed by atoms with Crippen LogP contribution in [0.4, 0.5) is 0 Å². The number of aryl methyl sites for hydroxylation is 2. The van der Waals surface area contributed by atoms with E-state index in [0.717, 1.165) is 5.52 Å². The minimum absolute atomic E-state index is 0.0103. The van der Waals surface area contributed by atoms with Gasteiger partial charge in [-0.2, -0.15) is 0 Å². The molecule has 4 rings (SSSR count). The van der Waals surface area contributed by atoms with Crippen LogP contribution in [0.15, 0.2) is 46.1 Å². The fourth-order valence-electron chi connectivity index (χ4n) is 3.57. The molecule has 0 saturated heterocycles. The third kappa shape index (κ3) is 3.22. The van der Waals surface area contributed by atoms with Crippen molar-refractivity contribution >= 4 is 38.1 Å². The van der Waals surface area contributed by atoms with Crippen LogP contribution in [0.2, 0.25) is 0 Å². The molecule has 162 valence electrons. The number of sulfonamides is 1. The Hall–Kier alpha value is -3.44. The molecule has 0 spiro atoms. The first-order valence-corrected chi connectivity index (χ1v) is 11.0. The van der Waals surface area contributed by atoms with Crippen LogP contribution in [-0.2, 0) is 28.9 Å². The quantitative estimate of drug-likeness (QED) is 0.465. The maximum absolute atomic E-state index is 12.6. The first kappa shape index (κ1) is 20.8. The minimum atomic E-state index is -3.71. The Bertz CT molecular complexity index is 1510. The lowest BCUT2D eigenvalue weighted by atomic mass is 10.2. The van der Waals surface area contributed by atoms with Gasteiger partial charge in [-0.25, -0.2) is 27.7 Å². The molecule has 2 aromatic heterocycles. The molecular weight excluding hydrogens is 422 g/mol. The van der Waals surface area contributed by atoms with E-state index in [1.54, 1.807) is 43.8 Å². The summed E-state index contributed by atoms with van der Waals surface area (Å²) in [6, 6.07) is 9.66. The molecule has 4 aromatic rings. The van der Waals surface area contributed by atoms with E-state index >= 15 is 0 Å². The standard InChI is InChI=1S/C20H21N5O5S/c1-5-30-19(26)18-22-14-8-7-13(31(28,29)21-2)11-16(14)25(18)12-6-9-15-17(10-12)24(4)20(27)23(15)3/h6-11,21H,5H2,1-4H3. The number of hydrogen-bond acceptors (Lipinski definition) is 6. The van der Waals surface area contributed by atoms with Crippen molar-refractivity contribution in [2.75, 3.05) is 13.7 Å². The van der Waals surface area contributed by atoms with Gasteiger partial charge in [0, 0.05) is 14.1 Å². The molecular formula is C20H21N5O5S. The molecule has 0 radical (unpaired) electrons. The summed E-state index contributed by atoms with van der Waals surface area (Å²) in [5.41, 5.74) is 2.58. The number of ether oxygens (including phenoxy) is 1. The van der Waals surface area contributed by atoms with Crippen LogP contribution in [0.3, 0.4) is 0 Å². The largest absolute Gasteiger partial charge is 0.460 e. The molecule has 2 heterocycles. The Morgan fingerprint density at radius 2 is 1.77 bits per heavy atom. The lowest BCUT2D eigenvalue weighted by Gasteiger charge is -2.10. The molecule has 1 N–H and O–H groups in total. The summed E-state index contributed by atoms with van der Waals surface area (Å²) in [5, 5.41) is 0. The topological polar surface area (TPSA) is 117 Å². The number of rotatable bonds is 5. The molecule has 0 saturated carbocycles. The van der Waals surface area contributed by atoms with Gasteiger partial charge in [0.15, 0.2) is 0 Å². The SMILES string of the molecule is CCOC(=O)c1nc2ccc(S(=O)(=O)NC)cc2n1-c1ccc2c(c1)n(C)c(=O)n2C. The third-order valence-electron chi connectivity index (χ3n) is 5.18. The minimum Gasteiger partial charge on any atom is -0.460 e. The molecule has 0 aliphatic heterocycles. The van der Waals surface area contributed by atoms with Gasteiger partial charge in [0.25, 0.3) is 0 Å². The predicted octanol–water partition coefficient (Wildman–Crippen LogP) is 1.30. The van der Waals surface area contributed by atoms with Crippen molar-refractivity contribution in [3.63, 3.8) is 0 Å². The number of nitrogens with zero attached hydrogens (tertiary/aromatic N) is 4. The van der Waals surface area contributed by atoms with Gasteiger partial charge in [-0.15, -0.1) is 0 Å². The second-order valence-electron chi connectivity index (χ2n) is 6.92. The van der Waals surface area contributed by atoms with Crippen LogP contribution < -0.4 is 10.4 Å². The smallest absolute Gasteiger partial charge is 0.374 e. The fourth-order valence-corrected chi connectivity index (χ4v) is 4.32. The number of benzene rings is 2. The van der Waals surface area contributed by atoms with Crippen molar-refractivity contribution in [2.45, 2.75) is 11.8 Å². The van der Waals surface area contributed by atoms with E-state index in [2.05, 4.69) is 9.71 Å². The molecule has 11 heteroatoms. The average Bonchev–Trinajstić information content (AvgIpc) is 3.25. The molecule has 0 fully saturated rings. The summed E-state index contributed by atoms with van der Waals surface area (Å²) in [6.45, 7) is 1.85. The maximum Gasteiger partial charge on any atom is 0.374 e. The van der Waals surface area contributed by atoms with Gasteiger partial charge in [0.2, 0.25) is 15.8 Å². The second kappa shape index (κ2) is 7.36. The summed E-state index contributed by atoms with van der Waals surface area (Å²) in [4.78, 5) is 29.4. The number of fused-ring (bicyclic) bond motifs is 2. The van der Waals surface area contributed by atoms with E-state index in [0.29, 0.717) is 22.2 Å². The molecule has 0 bridgehead atoms. The van der Waals surface area contributed by atoms with E-state index in [4.69, 9.17) is 4.74 Å². The van der Waals surface area contributed by atoms with Crippen LogP contribution in [0.5, 0.6) is 0 Å². The van der Waals surface area contributed by atoms with Gasteiger partial charge in [-0.1, -0.05) is 0 Å². The number of carbonyl (C=O) groups is 1. The van der Waals surface area contributed by atoms with Crippen molar-refractivity contribution in [3.05, 3.63) is 52.7 Å². The normalized spacial score (nSPS) is 12.0. The van der Waals surface area contributed by atoms with Crippen molar-refractivity contribution in [3.8, 4) is 5.69 Å². The Morgan fingerprint density at radius 3 is 2.45 bits per heavy atom. The van der Waals surface area contributed by atoms with Crippen molar-refractivity contribution in [2.24, 2.45) is 14.1 Å².